The molecule has 4 aromatic carbocycles. The molecule has 0 saturated carbocycles. The number of hydrogen-bond acceptors (Lipinski definition) is 4. The third-order valence-corrected chi connectivity index (χ3v) is 7.34. The molecule has 0 atom stereocenters. The molecule has 0 aliphatic rings. The van der Waals surface area contributed by atoms with E-state index in [4.69, 9.17) is 17.7 Å². The van der Waals surface area contributed by atoms with Gasteiger partial charge in [-0.3, -0.25) is 0 Å². The van der Waals surface area contributed by atoms with Crippen molar-refractivity contribution in [2.45, 2.75) is 26.2 Å². The lowest BCUT2D eigenvalue weighted by Gasteiger charge is -2.24. The molecular formula is C28H32O4Si2. The average molecular weight is 489 g/mol. The molecule has 0 aliphatic carbocycles. The van der Waals surface area contributed by atoms with Gasteiger partial charge in [0.15, 0.2) is 0 Å². The zero-order valence-electron chi connectivity index (χ0n) is 20.2. The van der Waals surface area contributed by atoms with Crippen LogP contribution in [-0.4, -0.2) is 17.1 Å². The van der Waals surface area contributed by atoms with Gasteiger partial charge in [-0.2, -0.15) is 0 Å². The van der Waals surface area contributed by atoms with Crippen molar-refractivity contribution in [2.24, 2.45) is 0 Å². The fourth-order valence-electron chi connectivity index (χ4n) is 3.13. The fourth-order valence-corrected chi connectivity index (χ4v) is 6.03. The monoisotopic (exact) mass is 488 g/mol. The van der Waals surface area contributed by atoms with Crippen LogP contribution >= 0.6 is 0 Å². The summed E-state index contributed by atoms with van der Waals surface area (Å²) in [5.74, 6) is 3.44. The maximum atomic E-state index is 5.92. The Morgan fingerprint density at radius 2 is 0.500 bits per heavy atom. The van der Waals surface area contributed by atoms with E-state index >= 15 is 0 Å². The molecule has 0 saturated heterocycles. The van der Waals surface area contributed by atoms with Crippen LogP contribution in [-0.2, 0) is 0 Å². The van der Waals surface area contributed by atoms with Gasteiger partial charge in [0.25, 0.3) is 0 Å². The van der Waals surface area contributed by atoms with E-state index in [9.17, 15) is 0 Å². The lowest BCUT2D eigenvalue weighted by Crippen LogP contribution is -2.41. The second kappa shape index (κ2) is 12.1. The van der Waals surface area contributed by atoms with E-state index in [1.807, 2.05) is 148 Å². The summed E-state index contributed by atoms with van der Waals surface area (Å²) in [6.07, 6.45) is 0. The Balaban J connectivity index is 0.000000191. The maximum absolute atomic E-state index is 5.92. The predicted octanol–water partition coefficient (Wildman–Crippen LogP) is 7.69. The largest absolute Gasteiger partial charge is 0.512 e. The Labute approximate surface area is 205 Å². The standard InChI is InChI=1S/2C14H16O2Si/c2*1-17(2,15-13-9-5-3-6-10-13)16-14-11-7-4-8-12-14/h2*3-12H,1-2H3. The summed E-state index contributed by atoms with van der Waals surface area (Å²) < 4.78 is 23.7. The summed E-state index contributed by atoms with van der Waals surface area (Å²) in [4.78, 5) is 0. The molecule has 4 rings (SSSR count). The van der Waals surface area contributed by atoms with E-state index < -0.39 is 17.1 Å². The highest BCUT2D eigenvalue weighted by Crippen LogP contribution is 2.21. The molecule has 34 heavy (non-hydrogen) atoms. The Kier molecular flexibility index (Phi) is 8.96. The molecule has 6 heteroatoms. The van der Waals surface area contributed by atoms with Crippen molar-refractivity contribution < 1.29 is 17.7 Å². The number of benzene rings is 4. The number of rotatable bonds is 8. The summed E-state index contributed by atoms with van der Waals surface area (Å²) in [5, 5.41) is 0. The zero-order valence-corrected chi connectivity index (χ0v) is 22.2. The number of hydrogen-bond donors (Lipinski definition) is 0. The quantitative estimate of drug-likeness (QED) is 0.238. The van der Waals surface area contributed by atoms with Crippen LogP contribution in [0, 0.1) is 0 Å². The first-order valence-electron chi connectivity index (χ1n) is 11.3. The van der Waals surface area contributed by atoms with Crippen molar-refractivity contribution in [3.63, 3.8) is 0 Å². The molecule has 0 radical (unpaired) electrons. The zero-order chi connectivity index (χ0) is 24.3. The molecule has 4 aromatic rings. The van der Waals surface area contributed by atoms with Gasteiger partial charge in [-0.05, 0) is 48.5 Å². The van der Waals surface area contributed by atoms with Crippen LogP contribution in [0.1, 0.15) is 0 Å². The maximum Gasteiger partial charge on any atom is 0.454 e. The van der Waals surface area contributed by atoms with E-state index in [0.29, 0.717) is 0 Å². The van der Waals surface area contributed by atoms with Gasteiger partial charge in [0.2, 0.25) is 0 Å². The second-order valence-electron chi connectivity index (χ2n) is 8.46. The summed E-state index contributed by atoms with van der Waals surface area (Å²) in [7, 11) is -4.37. The fraction of sp³-hybridized carbons (Fsp3) is 0.143. The normalized spacial score (nSPS) is 10.9. The lowest BCUT2D eigenvalue weighted by molar-refractivity contribution is 0.398. The molecule has 0 aliphatic heterocycles. The van der Waals surface area contributed by atoms with Crippen molar-refractivity contribution in [1.82, 2.24) is 0 Å². The lowest BCUT2D eigenvalue weighted by atomic mass is 10.3. The van der Waals surface area contributed by atoms with Crippen LogP contribution in [0.3, 0.4) is 0 Å². The minimum Gasteiger partial charge on any atom is -0.512 e. The summed E-state index contributed by atoms with van der Waals surface area (Å²) in [6, 6.07) is 39.2. The molecule has 0 spiro atoms. The Hall–Kier alpha value is -3.49. The minimum atomic E-state index is -2.18. The first-order valence-corrected chi connectivity index (χ1v) is 16.9. The van der Waals surface area contributed by atoms with Gasteiger partial charge in [-0.25, -0.2) is 0 Å². The first-order chi connectivity index (χ1) is 16.3. The van der Waals surface area contributed by atoms with Gasteiger partial charge in [0.05, 0.1) is 0 Å². The van der Waals surface area contributed by atoms with E-state index in [-0.39, 0.29) is 0 Å². The van der Waals surface area contributed by atoms with E-state index in [1.165, 1.54) is 0 Å². The molecule has 0 N–H and O–H groups in total. The molecule has 176 valence electrons. The van der Waals surface area contributed by atoms with Gasteiger partial charge in [-0.15, -0.1) is 0 Å². The van der Waals surface area contributed by atoms with Crippen molar-refractivity contribution in [1.29, 1.82) is 0 Å². The van der Waals surface area contributed by atoms with Crippen LogP contribution in [0.5, 0.6) is 23.0 Å². The molecule has 4 nitrogen and oxygen atoms in total. The molecule has 0 aromatic heterocycles. The van der Waals surface area contributed by atoms with E-state index in [1.54, 1.807) is 0 Å². The predicted molar refractivity (Wildman–Crippen MR) is 143 cm³/mol. The minimum absolute atomic E-state index is 0.861. The van der Waals surface area contributed by atoms with Crippen LogP contribution in [0.25, 0.3) is 0 Å². The van der Waals surface area contributed by atoms with Crippen LogP contribution in [0.4, 0.5) is 0 Å². The molecule has 0 fully saturated rings. The van der Waals surface area contributed by atoms with Crippen molar-refractivity contribution in [3.05, 3.63) is 121 Å². The molecular weight excluding hydrogens is 456 g/mol. The number of para-hydroxylation sites is 4. The average Bonchev–Trinajstić information content (AvgIpc) is 2.81. The van der Waals surface area contributed by atoms with Crippen LogP contribution < -0.4 is 17.7 Å². The van der Waals surface area contributed by atoms with Crippen molar-refractivity contribution in [2.75, 3.05) is 0 Å². The molecule has 0 heterocycles. The second-order valence-corrected chi connectivity index (χ2v) is 14.9. The van der Waals surface area contributed by atoms with Crippen LogP contribution in [0.15, 0.2) is 121 Å². The Morgan fingerprint density at radius 3 is 0.676 bits per heavy atom. The first kappa shape index (κ1) is 25.1. The highest BCUT2D eigenvalue weighted by molar-refractivity contribution is 6.66. The Morgan fingerprint density at radius 1 is 0.324 bits per heavy atom. The summed E-state index contributed by atoms with van der Waals surface area (Å²) in [5.41, 5.74) is 0. The SMILES string of the molecule is C[Si](C)(Oc1ccccc1)Oc1ccccc1.C[Si](C)(Oc1ccccc1)Oc1ccccc1. The Bertz CT molecular complexity index is 912. The van der Waals surface area contributed by atoms with Crippen molar-refractivity contribution in [3.8, 4) is 23.0 Å². The van der Waals surface area contributed by atoms with E-state index in [0.717, 1.165) is 23.0 Å². The van der Waals surface area contributed by atoms with Gasteiger partial charge < -0.3 is 17.7 Å². The van der Waals surface area contributed by atoms with Gasteiger partial charge in [-0.1, -0.05) is 72.8 Å². The highest BCUT2D eigenvalue weighted by atomic mass is 28.4. The van der Waals surface area contributed by atoms with Gasteiger partial charge in [0.1, 0.15) is 23.0 Å². The summed E-state index contributed by atoms with van der Waals surface area (Å²) >= 11 is 0. The highest BCUT2D eigenvalue weighted by Gasteiger charge is 2.29. The topological polar surface area (TPSA) is 36.9 Å². The molecule has 0 bridgehead atoms. The van der Waals surface area contributed by atoms with E-state index in [2.05, 4.69) is 0 Å². The van der Waals surface area contributed by atoms with Crippen molar-refractivity contribution >= 4 is 17.1 Å². The molecule has 0 amide bonds. The molecule has 0 unspecified atom stereocenters. The smallest absolute Gasteiger partial charge is 0.454 e. The van der Waals surface area contributed by atoms with Gasteiger partial charge >= 0.3 is 17.1 Å². The summed E-state index contributed by atoms with van der Waals surface area (Å²) in [6.45, 7) is 8.14. The van der Waals surface area contributed by atoms with Gasteiger partial charge in [0, 0.05) is 26.2 Å². The third kappa shape index (κ3) is 9.17. The third-order valence-electron chi connectivity index (χ3n) is 4.43. The van der Waals surface area contributed by atoms with Crippen LogP contribution in [0.2, 0.25) is 26.2 Å².